The summed E-state index contributed by atoms with van der Waals surface area (Å²) in [4.78, 5) is 4.62. The lowest BCUT2D eigenvalue weighted by atomic mass is 10.2. The Balaban J connectivity index is 1.61. The van der Waals surface area contributed by atoms with Crippen molar-refractivity contribution in [3.05, 3.63) is 35.9 Å². The highest BCUT2D eigenvalue weighted by Crippen LogP contribution is 2.15. The number of likely N-dealkylation sites (tertiary alicyclic amines) is 1. The van der Waals surface area contributed by atoms with Gasteiger partial charge in [0.2, 0.25) is 0 Å². The molecule has 1 aromatic carbocycles. The lowest BCUT2D eigenvalue weighted by molar-refractivity contribution is 0.0113. The molecule has 4 nitrogen and oxygen atoms in total. The third-order valence-electron chi connectivity index (χ3n) is 4.14. The summed E-state index contributed by atoms with van der Waals surface area (Å²) in [7, 11) is 4.26. The summed E-state index contributed by atoms with van der Waals surface area (Å²) < 4.78 is 5.59. The van der Waals surface area contributed by atoms with Gasteiger partial charge in [-0.3, -0.25) is 0 Å². The number of hydrogen-bond donors (Lipinski definition) is 1. The van der Waals surface area contributed by atoms with Gasteiger partial charge >= 0.3 is 0 Å². The molecule has 1 fully saturated rings. The zero-order chi connectivity index (χ0) is 15.1. The maximum absolute atomic E-state index is 10.1. The molecule has 21 heavy (non-hydrogen) atoms. The number of hydrogen-bond acceptors (Lipinski definition) is 4. The number of likely N-dealkylation sites (N-methyl/N-ethyl adjacent to an activating group) is 2. The maximum Gasteiger partial charge on any atom is 0.0900 e. The second-order valence-electron chi connectivity index (χ2n) is 6.15. The molecule has 2 unspecified atom stereocenters. The Bertz CT molecular complexity index is 399. The third kappa shape index (κ3) is 5.75. The minimum Gasteiger partial charge on any atom is -0.389 e. The van der Waals surface area contributed by atoms with Crippen LogP contribution in [0.1, 0.15) is 18.4 Å². The van der Waals surface area contributed by atoms with Crippen molar-refractivity contribution in [2.24, 2.45) is 0 Å². The van der Waals surface area contributed by atoms with Crippen molar-refractivity contribution in [3.63, 3.8) is 0 Å². The number of rotatable bonds is 8. The standard InChI is InChI=1S/C17H28N2O2/c1-18(11-16-9-6-10-19(16)2)12-17(20)14-21-13-15-7-4-3-5-8-15/h3-5,7-8,16-17,20H,6,9-14H2,1-2H3. The van der Waals surface area contributed by atoms with Crippen molar-refractivity contribution in [1.82, 2.24) is 9.80 Å². The van der Waals surface area contributed by atoms with Crippen molar-refractivity contribution in [2.75, 3.05) is 40.3 Å². The molecule has 1 N–H and O–H groups in total. The Morgan fingerprint density at radius 1 is 1.38 bits per heavy atom. The van der Waals surface area contributed by atoms with E-state index in [0.29, 0.717) is 25.8 Å². The fourth-order valence-electron chi connectivity index (χ4n) is 2.94. The molecule has 1 heterocycles. The van der Waals surface area contributed by atoms with Gasteiger partial charge in [0.1, 0.15) is 0 Å². The summed E-state index contributed by atoms with van der Waals surface area (Å²) in [5.41, 5.74) is 1.14. The summed E-state index contributed by atoms with van der Waals surface area (Å²) in [6.07, 6.45) is 2.13. The van der Waals surface area contributed by atoms with Crippen molar-refractivity contribution in [2.45, 2.75) is 31.6 Å². The van der Waals surface area contributed by atoms with Gasteiger partial charge in [-0.15, -0.1) is 0 Å². The predicted octanol–water partition coefficient (Wildman–Crippen LogP) is 1.59. The quantitative estimate of drug-likeness (QED) is 0.789. The van der Waals surface area contributed by atoms with E-state index in [0.717, 1.165) is 12.1 Å². The zero-order valence-electron chi connectivity index (χ0n) is 13.2. The molecular weight excluding hydrogens is 264 g/mol. The monoisotopic (exact) mass is 292 g/mol. The summed E-state index contributed by atoms with van der Waals surface area (Å²) in [6, 6.07) is 10.7. The van der Waals surface area contributed by atoms with Crippen LogP contribution in [-0.2, 0) is 11.3 Å². The second-order valence-corrected chi connectivity index (χ2v) is 6.15. The highest BCUT2D eigenvalue weighted by Gasteiger charge is 2.22. The first-order valence-corrected chi connectivity index (χ1v) is 7.83. The fourth-order valence-corrected chi connectivity index (χ4v) is 2.94. The van der Waals surface area contributed by atoms with Gasteiger partial charge in [0, 0.05) is 19.1 Å². The summed E-state index contributed by atoms with van der Waals surface area (Å²) >= 11 is 0. The molecule has 2 rings (SSSR count). The van der Waals surface area contributed by atoms with E-state index in [4.69, 9.17) is 4.74 Å². The second kappa shape index (κ2) is 8.49. The van der Waals surface area contributed by atoms with Crippen molar-refractivity contribution in [1.29, 1.82) is 0 Å². The first-order valence-electron chi connectivity index (χ1n) is 7.83. The normalized spacial score (nSPS) is 21.0. The Kier molecular flexibility index (Phi) is 6.64. The van der Waals surface area contributed by atoms with Gasteiger partial charge in [-0.1, -0.05) is 30.3 Å². The molecule has 1 aliphatic rings. The number of aliphatic hydroxyl groups excluding tert-OH is 1. The van der Waals surface area contributed by atoms with Crippen LogP contribution in [0, 0.1) is 0 Å². The van der Waals surface area contributed by atoms with Crippen LogP contribution in [-0.4, -0.2) is 67.4 Å². The van der Waals surface area contributed by atoms with E-state index in [2.05, 4.69) is 23.9 Å². The molecule has 1 aromatic rings. The summed E-state index contributed by atoms with van der Waals surface area (Å²) in [6.45, 7) is 3.83. The highest BCUT2D eigenvalue weighted by atomic mass is 16.5. The molecule has 0 spiro atoms. The van der Waals surface area contributed by atoms with Crippen molar-refractivity contribution >= 4 is 0 Å². The van der Waals surface area contributed by atoms with E-state index in [9.17, 15) is 5.11 Å². The first-order chi connectivity index (χ1) is 10.1. The van der Waals surface area contributed by atoms with Crippen LogP contribution in [0.25, 0.3) is 0 Å². The molecule has 1 aliphatic heterocycles. The minimum atomic E-state index is -0.426. The van der Waals surface area contributed by atoms with Gasteiger partial charge in [0.15, 0.2) is 0 Å². The lowest BCUT2D eigenvalue weighted by Gasteiger charge is -2.27. The Labute approximate surface area is 128 Å². The van der Waals surface area contributed by atoms with Crippen LogP contribution in [0.15, 0.2) is 30.3 Å². The summed E-state index contributed by atoms with van der Waals surface area (Å²) in [5.74, 6) is 0. The molecule has 0 amide bonds. The van der Waals surface area contributed by atoms with E-state index in [-0.39, 0.29) is 0 Å². The lowest BCUT2D eigenvalue weighted by Crippen LogP contribution is -2.40. The van der Waals surface area contributed by atoms with Gasteiger partial charge in [-0.25, -0.2) is 0 Å². The molecule has 0 aliphatic carbocycles. The van der Waals surface area contributed by atoms with Gasteiger partial charge in [-0.05, 0) is 39.0 Å². The van der Waals surface area contributed by atoms with Crippen molar-refractivity contribution < 1.29 is 9.84 Å². The number of benzene rings is 1. The van der Waals surface area contributed by atoms with E-state index in [1.165, 1.54) is 19.4 Å². The van der Waals surface area contributed by atoms with Crippen LogP contribution < -0.4 is 0 Å². The van der Waals surface area contributed by atoms with Crippen LogP contribution in [0.4, 0.5) is 0 Å². The Morgan fingerprint density at radius 2 is 2.14 bits per heavy atom. The number of aliphatic hydroxyl groups is 1. The average molecular weight is 292 g/mol. The van der Waals surface area contributed by atoms with E-state index in [1.807, 2.05) is 30.3 Å². The molecule has 2 atom stereocenters. The van der Waals surface area contributed by atoms with Gasteiger partial charge in [0.05, 0.1) is 19.3 Å². The van der Waals surface area contributed by atoms with E-state index in [1.54, 1.807) is 0 Å². The first kappa shape index (κ1) is 16.4. The molecular formula is C17H28N2O2. The van der Waals surface area contributed by atoms with Crippen LogP contribution >= 0.6 is 0 Å². The van der Waals surface area contributed by atoms with Gasteiger partial charge < -0.3 is 19.6 Å². The Morgan fingerprint density at radius 3 is 2.81 bits per heavy atom. The Hall–Kier alpha value is -0.940. The largest absolute Gasteiger partial charge is 0.389 e. The molecule has 0 bridgehead atoms. The van der Waals surface area contributed by atoms with Crippen LogP contribution in [0.3, 0.4) is 0 Å². The topological polar surface area (TPSA) is 35.9 Å². The van der Waals surface area contributed by atoms with Crippen LogP contribution in [0.2, 0.25) is 0 Å². The van der Waals surface area contributed by atoms with Gasteiger partial charge in [0.25, 0.3) is 0 Å². The average Bonchev–Trinajstić information content (AvgIpc) is 2.85. The molecule has 0 saturated carbocycles. The van der Waals surface area contributed by atoms with Crippen molar-refractivity contribution in [3.8, 4) is 0 Å². The SMILES string of the molecule is CN(CC(O)COCc1ccccc1)CC1CCCN1C. The van der Waals surface area contributed by atoms with E-state index < -0.39 is 6.10 Å². The third-order valence-corrected chi connectivity index (χ3v) is 4.14. The number of nitrogens with zero attached hydrogens (tertiary/aromatic N) is 2. The highest BCUT2D eigenvalue weighted by molar-refractivity contribution is 5.13. The zero-order valence-corrected chi connectivity index (χ0v) is 13.2. The molecule has 1 saturated heterocycles. The van der Waals surface area contributed by atoms with Crippen LogP contribution in [0.5, 0.6) is 0 Å². The molecule has 0 radical (unpaired) electrons. The minimum absolute atomic E-state index is 0.389. The maximum atomic E-state index is 10.1. The number of ether oxygens (including phenoxy) is 1. The fraction of sp³-hybridized carbons (Fsp3) is 0.647. The molecule has 0 aromatic heterocycles. The summed E-state index contributed by atoms with van der Waals surface area (Å²) in [5, 5.41) is 10.1. The van der Waals surface area contributed by atoms with Gasteiger partial charge in [-0.2, -0.15) is 0 Å². The smallest absolute Gasteiger partial charge is 0.0900 e. The molecule has 118 valence electrons. The molecule has 4 heteroatoms. The predicted molar refractivity (Wildman–Crippen MR) is 85.3 cm³/mol. The van der Waals surface area contributed by atoms with E-state index >= 15 is 0 Å².